The number of aryl methyl sites for hydroxylation is 12. The third kappa shape index (κ3) is 17.4. The second kappa shape index (κ2) is 31.8. The molecule has 100 heavy (non-hydrogen) atoms. The van der Waals surface area contributed by atoms with Crippen LogP contribution in [0.1, 0.15) is 62.6 Å². The topological polar surface area (TPSA) is 101 Å². The quantitative estimate of drug-likeness (QED) is 0.161. The van der Waals surface area contributed by atoms with Gasteiger partial charge in [-0.05, 0) is 248 Å². The molecule has 0 amide bonds. The Morgan fingerprint density at radius 1 is 0.450 bits per heavy atom. The molecule has 0 N–H and O–H groups in total. The molecule has 1 aliphatic rings. The molecule has 0 spiro atoms. The van der Waals surface area contributed by atoms with E-state index in [0.29, 0.717) is 21.0 Å². The van der Waals surface area contributed by atoms with E-state index in [9.17, 15) is 26.0 Å². The lowest BCUT2D eigenvalue weighted by Crippen LogP contribution is -2.04. The Morgan fingerprint density at radius 3 is 1.46 bits per heavy atom. The molecule has 19 heteroatoms. The van der Waals surface area contributed by atoms with Crippen molar-refractivity contribution in [3.8, 4) is 17.6 Å². The molecule has 16 rings (SSSR count). The van der Waals surface area contributed by atoms with Crippen LogP contribution in [0.4, 0.5) is 17.6 Å². The van der Waals surface area contributed by atoms with Crippen LogP contribution < -0.4 is 9.47 Å². The van der Waals surface area contributed by atoms with Gasteiger partial charge in [-0.3, -0.25) is 0 Å². The second-order valence-electron chi connectivity index (χ2n) is 24.6. The summed E-state index contributed by atoms with van der Waals surface area (Å²) in [5.74, 6) is 1.66. The van der Waals surface area contributed by atoms with E-state index < -0.39 is 21.6 Å². The summed E-state index contributed by atoms with van der Waals surface area (Å²) in [4.78, 5) is 0.356. The van der Waals surface area contributed by atoms with Crippen molar-refractivity contribution in [2.45, 2.75) is 66.5 Å². The predicted octanol–water partition coefficient (Wildman–Crippen LogP) is 23.0. The number of methoxy groups -OCH3 is 2. The second-order valence-corrected chi connectivity index (χ2v) is 29.0. The van der Waals surface area contributed by atoms with Crippen LogP contribution in [-0.2, 0) is 51.3 Å². The standard InChI is InChI=1S/C11H10F3N.C11H10N2.2C11H13NO.C10H10FN.C9H7ClO2S.C9H7ClS.C9H8S/c1-7-6-15(2)10-5-8(11(12,13)14)3-4-9(7)10;1-8-7-13(2)11-4-3-9(6-12)5-10(8)11;1-8-7-12(2)11-5-4-9(13-3)6-10(8)11;1-8-7-12(2)11-6-9(13-3)4-5-10(8)11;1-7-6-12(2)10-4-3-8(11)5-9(7)10;1-6-5-13(11,12)9-3-2-7(10)4-8(6)9;1-6-5-11-9-3-2-7(10)4-8(6)9;1-7-6-10-9-5-3-2-4-8(7)9/h3-6H,1-2H3;3-5,7H,1-2H3;2*4-7H,1-3H3;3-6H,1-2H3;2-5H,1H3;2-5H,1H3;2-6H,1H3. The number of halogens is 6. The van der Waals surface area contributed by atoms with E-state index in [2.05, 4.69) is 152 Å². The zero-order valence-corrected chi connectivity index (χ0v) is 62.3. The minimum atomic E-state index is -4.27. The van der Waals surface area contributed by atoms with E-state index in [4.69, 9.17) is 37.9 Å². The number of sulfone groups is 1. The number of nitrogens with zero attached hydrogens (tertiary/aromatic N) is 6. The highest BCUT2D eigenvalue weighted by Crippen LogP contribution is 2.36. The highest BCUT2D eigenvalue weighted by molar-refractivity contribution is 7.95. The van der Waals surface area contributed by atoms with Gasteiger partial charge in [-0.1, -0.05) is 47.5 Å². The highest BCUT2D eigenvalue weighted by Gasteiger charge is 2.31. The maximum absolute atomic E-state index is 12.8. The number of aromatic nitrogens is 5. The third-order valence-electron chi connectivity index (χ3n) is 17.2. The van der Waals surface area contributed by atoms with Crippen LogP contribution in [-0.4, -0.2) is 45.5 Å². The zero-order chi connectivity index (χ0) is 72.7. The number of nitriles is 1. The number of rotatable bonds is 2. The summed E-state index contributed by atoms with van der Waals surface area (Å²) < 4.78 is 96.1. The van der Waals surface area contributed by atoms with Crippen LogP contribution in [0.3, 0.4) is 0 Å². The first-order valence-corrected chi connectivity index (χ1v) is 35.7. The fourth-order valence-electron chi connectivity index (χ4n) is 12.0. The van der Waals surface area contributed by atoms with Gasteiger partial charge in [0.05, 0.1) is 41.8 Å². The number of fused-ring (bicyclic) bond motifs is 8. The normalized spacial score (nSPS) is 11.9. The van der Waals surface area contributed by atoms with Crippen molar-refractivity contribution in [2.24, 2.45) is 35.2 Å². The maximum Gasteiger partial charge on any atom is 0.416 e. The van der Waals surface area contributed by atoms with E-state index in [1.807, 2.05) is 98.7 Å². The summed E-state index contributed by atoms with van der Waals surface area (Å²) in [7, 11) is 10.0. The van der Waals surface area contributed by atoms with Gasteiger partial charge in [-0.25, -0.2) is 12.8 Å². The number of benzene rings is 8. The first kappa shape index (κ1) is 74.7. The molecule has 0 radical (unpaired) electrons. The molecule has 10 nitrogen and oxygen atoms in total. The van der Waals surface area contributed by atoms with Crippen molar-refractivity contribution in [3.63, 3.8) is 0 Å². The Labute approximate surface area is 599 Å². The number of thiophene rings is 2. The summed E-state index contributed by atoms with van der Waals surface area (Å²) in [6, 6.07) is 48.2. The van der Waals surface area contributed by atoms with E-state index in [-0.39, 0.29) is 5.82 Å². The van der Waals surface area contributed by atoms with Gasteiger partial charge in [0.15, 0.2) is 0 Å². The first-order chi connectivity index (χ1) is 47.4. The van der Waals surface area contributed by atoms with Crippen molar-refractivity contribution in [1.82, 2.24) is 22.8 Å². The molecule has 0 atom stereocenters. The molecule has 0 aliphatic carbocycles. The van der Waals surface area contributed by atoms with Crippen LogP contribution in [0.15, 0.2) is 204 Å². The molecular formula is C81H78Cl2F4N6O4S3. The van der Waals surface area contributed by atoms with Gasteiger partial charge in [-0.15, -0.1) is 22.7 Å². The Bertz CT molecular complexity index is 5580. The summed E-state index contributed by atoms with van der Waals surface area (Å²) in [5, 5.41) is 24.0. The fourth-order valence-corrected chi connectivity index (χ4v) is 15.7. The lowest BCUT2D eigenvalue weighted by molar-refractivity contribution is -0.137. The van der Waals surface area contributed by atoms with Crippen LogP contribution in [0.25, 0.3) is 80.3 Å². The van der Waals surface area contributed by atoms with E-state index in [1.54, 1.807) is 74.4 Å². The molecule has 0 bridgehead atoms. The Kier molecular flexibility index (Phi) is 23.7. The summed E-state index contributed by atoms with van der Waals surface area (Å²) in [6.07, 6.45) is 5.89. The molecule has 8 aromatic carbocycles. The zero-order valence-electron chi connectivity index (χ0n) is 58.4. The molecule has 516 valence electrons. The molecule has 8 heterocycles. The third-order valence-corrected chi connectivity index (χ3v) is 21.5. The molecule has 0 unspecified atom stereocenters. The predicted molar refractivity (Wildman–Crippen MR) is 411 cm³/mol. The van der Waals surface area contributed by atoms with Crippen LogP contribution in [0.5, 0.6) is 11.5 Å². The molecular weight excluding hydrogens is 1360 g/mol. The van der Waals surface area contributed by atoms with Crippen molar-refractivity contribution >= 4 is 136 Å². The minimum absolute atomic E-state index is 0.170. The molecule has 15 aromatic rings. The van der Waals surface area contributed by atoms with Crippen LogP contribution >= 0.6 is 45.9 Å². The number of ether oxygens (including phenoxy) is 2. The Hall–Kier alpha value is -9.54. The van der Waals surface area contributed by atoms with Gasteiger partial charge in [-0.2, -0.15) is 18.4 Å². The number of allylic oxidation sites excluding steroid dienone is 1. The van der Waals surface area contributed by atoms with Gasteiger partial charge >= 0.3 is 6.18 Å². The number of alkyl halides is 3. The van der Waals surface area contributed by atoms with E-state index in [1.165, 1.54) is 104 Å². The highest BCUT2D eigenvalue weighted by atomic mass is 35.5. The first-order valence-electron chi connectivity index (χ1n) is 31.7. The summed E-state index contributed by atoms with van der Waals surface area (Å²) >= 11 is 15.2. The molecule has 0 saturated carbocycles. The SMILES string of the molecule is CC1=CS(=O)(=O)c2ccc(Cl)cc21.COc1ccc2c(C)cn(C)c2c1.COc1ccc2c(c1)c(C)cn2C.Cc1cn(C)c2cc(C(F)(F)F)ccc12.Cc1cn(C)c2ccc(C#N)cc12.Cc1cn(C)c2ccc(F)cc12.Cc1csc2ccc(Cl)cc12.Cc1csc2ccccc12. The number of hydrogen-bond acceptors (Lipinski definition) is 7. The average molecular weight is 1440 g/mol. The maximum atomic E-state index is 12.8. The van der Waals surface area contributed by atoms with E-state index >= 15 is 0 Å². The smallest absolute Gasteiger partial charge is 0.416 e. The van der Waals surface area contributed by atoms with Crippen LogP contribution in [0, 0.1) is 65.6 Å². The number of hydrogen-bond donors (Lipinski definition) is 0. The van der Waals surface area contributed by atoms with Crippen LogP contribution in [0.2, 0.25) is 10.0 Å². The van der Waals surface area contributed by atoms with Crippen molar-refractivity contribution in [2.75, 3.05) is 14.2 Å². The lowest BCUT2D eigenvalue weighted by atomic mass is 10.1. The molecule has 0 fully saturated rings. The van der Waals surface area contributed by atoms with Gasteiger partial charge < -0.3 is 32.3 Å². The van der Waals surface area contributed by atoms with Crippen molar-refractivity contribution in [1.29, 1.82) is 5.26 Å². The largest absolute Gasteiger partial charge is 0.497 e. The molecule has 1 aliphatic heterocycles. The van der Waals surface area contributed by atoms with Gasteiger partial charge in [0.1, 0.15) is 17.3 Å². The van der Waals surface area contributed by atoms with Gasteiger partial charge in [0, 0.05) is 146 Å². The molecule has 0 saturated heterocycles. The van der Waals surface area contributed by atoms with Crippen molar-refractivity contribution in [3.05, 3.63) is 270 Å². The fraction of sp³-hybridized carbons (Fsp3) is 0.198. The molecule has 7 aromatic heterocycles. The monoisotopic (exact) mass is 1440 g/mol. The lowest BCUT2D eigenvalue weighted by Gasteiger charge is -2.06. The van der Waals surface area contributed by atoms with Crippen molar-refractivity contribution < 1.29 is 35.5 Å². The van der Waals surface area contributed by atoms with Gasteiger partial charge in [0.25, 0.3) is 0 Å². The Morgan fingerprint density at radius 2 is 0.900 bits per heavy atom. The summed E-state index contributed by atoms with van der Waals surface area (Å²) in [5.41, 5.74) is 15.5. The summed E-state index contributed by atoms with van der Waals surface area (Å²) in [6.45, 7) is 16.2. The average Bonchev–Trinajstić information content (AvgIpc) is 1.63. The van der Waals surface area contributed by atoms with Gasteiger partial charge in [0.2, 0.25) is 9.84 Å². The Balaban J connectivity index is 0.000000134. The van der Waals surface area contributed by atoms with E-state index in [0.717, 1.165) is 61.1 Å². The minimum Gasteiger partial charge on any atom is -0.497 e.